The number of hydrogen-bond acceptors (Lipinski definition) is 8. The number of hydrogen-bond donors (Lipinski definition) is 0. The Balaban J connectivity index is 1.08. The van der Waals surface area contributed by atoms with Crippen molar-refractivity contribution >= 4 is 17.4 Å². The third-order valence-corrected chi connectivity index (χ3v) is 6.98. The predicted octanol–water partition coefficient (Wildman–Crippen LogP) is 2.43. The van der Waals surface area contributed by atoms with E-state index in [0.717, 1.165) is 37.7 Å². The van der Waals surface area contributed by atoms with Crippen LogP contribution in [0.15, 0.2) is 37.1 Å². The molecule has 0 aliphatic carbocycles. The maximum atomic E-state index is 5.87. The maximum absolute atomic E-state index is 5.87. The minimum atomic E-state index is 0.448. The van der Waals surface area contributed by atoms with Gasteiger partial charge in [0.2, 0.25) is 0 Å². The summed E-state index contributed by atoms with van der Waals surface area (Å²) in [5.41, 5.74) is 1.73. The van der Waals surface area contributed by atoms with Crippen LogP contribution in [0.2, 0.25) is 5.15 Å². The lowest BCUT2D eigenvalue weighted by atomic mass is 9.71. The van der Waals surface area contributed by atoms with Gasteiger partial charge in [-0.15, -0.1) is 5.10 Å². The van der Waals surface area contributed by atoms with Gasteiger partial charge < -0.3 is 9.80 Å². The summed E-state index contributed by atoms with van der Waals surface area (Å²) in [5, 5.41) is 11.6. The predicted molar refractivity (Wildman–Crippen MR) is 117 cm³/mol. The summed E-state index contributed by atoms with van der Waals surface area (Å²) in [7, 11) is 0. The molecule has 3 aromatic heterocycles. The molecular weight excluding hydrogens is 414 g/mol. The van der Waals surface area contributed by atoms with E-state index in [1.54, 1.807) is 23.4 Å². The summed E-state index contributed by atoms with van der Waals surface area (Å²) in [6.45, 7) is 5.54. The van der Waals surface area contributed by atoms with E-state index in [1.165, 1.54) is 44.3 Å². The van der Waals surface area contributed by atoms with Gasteiger partial charge in [0, 0.05) is 25.8 Å². The fraction of sp³-hybridized carbons (Fsp3) is 0.524. The maximum Gasteiger partial charge on any atom is 0.156 e. The van der Waals surface area contributed by atoms with E-state index in [-0.39, 0.29) is 0 Å². The van der Waals surface area contributed by atoms with Crippen molar-refractivity contribution in [2.24, 2.45) is 5.41 Å². The molecule has 162 valence electrons. The van der Waals surface area contributed by atoms with Crippen LogP contribution < -0.4 is 4.90 Å². The summed E-state index contributed by atoms with van der Waals surface area (Å²) < 4.78 is 1.57. The summed E-state index contributed by atoms with van der Waals surface area (Å²) in [5.74, 6) is 1.68. The van der Waals surface area contributed by atoms with Crippen LogP contribution in [0.5, 0.6) is 0 Å². The molecule has 0 unspecified atom stereocenters. The minimum absolute atomic E-state index is 0.448. The first kappa shape index (κ1) is 20.3. The molecule has 0 aromatic carbocycles. The molecule has 2 aliphatic rings. The molecular formula is C21H26ClN9. The fourth-order valence-electron chi connectivity index (χ4n) is 4.68. The van der Waals surface area contributed by atoms with Crippen molar-refractivity contribution < 1.29 is 0 Å². The Morgan fingerprint density at radius 1 is 0.871 bits per heavy atom. The van der Waals surface area contributed by atoms with E-state index in [4.69, 9.17) is 11.6 Å². The van der Waals surface area contributed by atoms with Crippen LogP contribution in [0.4, 0.5) is 5.82 Å². The second-order valence-electron chi connectivity index (χ2n) is 8.56. The van der Waals surface area contributed by atoms with Crippen LogP contribution in [-0.4, -0.2) is 72.8 Å². The van der Waals surface area contributed by atoms with Crippen molar-refractivity contribution in [3.05, 3.63) is 47.8 Å². The zero-order valence-electron chi connectivity index (χ0n) is 17.4. The SMILES string of the molecule is Clc1cnc(N2CCC3(CCN(CCc4ccc(-n5cnnn5)nc4)CC3)CC2)cn1. The van der Waals surface area contributed by atoms with Crippen molar-refractivity contribution in [3.63, 3.8) is 0 Å². The standard InChI is InChI=1S/C21H26ClN9/c22-18-14-25-20(15-23-18)30-11-6-21(7-12-30)4-9-29(10-5-21)8-3-17-1-2-19(24-13-17)31-16-26-27-28-31/h1-2,13-16H,3-12H2. The van der Waals surface area contributed by atoms with Gasteiger partial charge in [0.05, 0.1) is 12.4 Å². The molecule has 5 rings (SSSR count). The Labute approximate surface area is 186 Å². The first-order valence-electron chi connectivity index (χ1n) is 10.8. The molecule has 0 radical (unpaired) electrons. The number of anilines is 1. The van der Waals surface area contributed by atoms with Crippen LogP contribution >= 0.6 is 11.6 Å². The lowest BCUT2D eigenvalue weighted by Crippen LogP contribution is -2.47. The number of rotatable bonds is 5. The molecule has 0 N–H and O–H groups in total. The molecule has 0 saturated carbocycles. The van der Waals surface area contributed by atoms with Gasteiger partial charge in [0.15, 0.2) is 5.82 Å². The highest BCUT2D eigenvalue weighted by Gasteiger charge is 2.37. The summed E-state index contributed by atoms with van der Waals surface area (Å²) in [6, 6.07) is 4.08. The number of halogens is 1. The van der Waals surface area contributed by atoms with Crippen molar-refractivity contribution in [2.45, 2.75) is 32.1 Å². The molecule has 3 aromatic rings. The highest BCUT2D eigenvalue weighted by atomic mass is 35.5. The molecule has 9 nitrogen and oxygen atoms in total. The third-order valence-electron chi connectivity index (χ3n) is 6.78. The van der Waals surface area contributed by atoms with Crippen molar-refractivity contribution in [2.75, 3.05) is 37.6 Å². The second-order valence-corrected chi connectivity index (χ2v) is 8.94. The molecule has 0 atom stereocenters. The average molecular weight is 440 g/mol. The van der Waals surface area contributed by atoms with E-state index in [1.807, 2.05) is 12.3 Å². The topological polar surface area (TPSA) is 88.8 Å². The zero-order valence-corrected chi connectivity index (χ0v) is 18.2. The lowest BCUT2D eigenvalue weighted by Gasteiger charge is -2.47. The van der Waals surface area contributed by atoms with E-state index in [0.29, 0.717) is 10.6 Å². The molecule has 31 heavy (non-hydrogen) atoms. The van der Waals surface area contributed by atoms with Gasteiger partial charge >= 0.3 is 0 Å². The number of tetrazole rings is 1. The molecule has 2 aliphatic heterocycles. The smallest absolute Gasteiger partial charge is 0.156 e. The molecule has 10 heteroatoms. The van der Waals surface area contributed by atoms with Crippen molar-refractivity contribution in [3.8, 4) is 5.82 Å². The average Bonchev–Trinajstić information content (AvgIpc) is 3.36. The molecule has 1 spiro atoms. The highest BCUT2D eigenvalue weighted by molar-refractivity contribution is 6.29. The first-order chi connectivity index (χ1) is 15.2. The summed E-state index contributed by atoms with van der Waals surface area (Å²) in [4.78, 5) is 18.0. The molecule has 0 amide bonds. The Morgan fingerprint density at radius 2 is 1.65 bits per heavy atom. The Kier molecular flexibility index (Phi) is 5.78. The summed E-state index contributed by atoms with van der Waals surface area (Å²) >= 11 is 5.87. The fourth-order valence-corrected chi connectivity index (χ4v) is 4.78. The van der Waals surface area contributed by atoms with Gasteiger partial charge in [-0.25, -0.2) is 15.0 Å². The van der Waals surface area contributed by atoms with E-state index >= 15 is 0 Å². The molecule has 2 saturated heterocycles. The summed E-state index contributed by atoms with van der Waals surface area (Å²) in [6.07, 6.45) is 12.9. The molecule has 2 fully saturated rings. The number of aromatic nitrogens is 7. The zero-order chi connectivity index (χ0) is 21.1. The van der Waals surface area contributed by atoms with Crippen molar-refractivity contribution in [1.29, 1.82) is 0 Å². The van der Waals surface area contributed by atoms with E-state index < -0.39 is 0 Å². The Hall–Kier alpha value is -2.65. The van der Waals surface area contributed by atoms with Gasteiger partial charge in [-0.1, -0.05) is 17.7 Å². The monoisotopic (exact) mass is 439 g/mol. The first-order valence-corrected chi connectivity index (χ1v) is 11.2. The second kappa shape index (κ2) is 8.84. The van der Waals surface area contributed by atoms with Crippen LogP contribution in [0, 0.1) is 5.41 Å². The van der Waals surface area contributed by atoms with Gasteiger partial charge in [-0.3, -0.25) is 0 Å². The van der Waals surface area contributed by atoms with E-state index in [9.17, 15) is 0 Å². The van der Waals surface area contributed by atoms with Crippen LogP contribution in [-0.2, 0) is 6.42 Å². The van der Waals surface area contributed by atoms with Crippen LogP contribution in [0.3, 0.4) is 0 Å². The molecule has 0 bridgehead atoms. The largest absolute Gasteiger partial charge is 0.355 e. The quantitative estimate of drug-likeness (QED) is 0.598. The third kappa shape index (κ3) is 4.67. The van der Waals surface area contributed by atoms with Gasteiger partial charge in [0.1, 0.15) is 17.3 Å². The van der Waals surface area contributed by atoms with Crippen LogP contribution in [0.25, 0.3) is 5.82 Å². The minimum Gasteiger partial charge on any atom is -0.355 e. The van der Waals surface area contributed by atoms with Crippen LogP contribution in [0.1, 0.15) is 31.2 Å². The highest BCUT2D eigenvalue weighted by Crippen LogP contribution is 2.41. The lowest BCUT2D eigenvalue weighted by molar-refractivity contribution is 0.0804. The number of nitrogens with zero attached hydrogens (tertiary/aromatic N) is 9. The van der Waals surface area contributed by atoms with Gasteiger partial charge in [-0.2, -0.15) is 4.68 Å². The number of pyridine rings is 1. The molecule has 5 heterocycles. The normalized spacial score (nSPS) is 19.1. The van der Waals surface area contributed by atoms with Crippen molar-refractivity contribution in [1.82, 2.24) is 40.1 Å². The van der Waals surface area contributed by atoms with Gasteiger partial charge in [0.25, 0.3) is 0 Å². The number of piperidine rings is 2. The van der Waals surface area contributed by atoms with Gasteiger partial charge in [-0.05, 0) is 72.7 Å². The number of likely N-dealkylation sites (tertiary alicyclic amines) is 1. The Morgan fingerprint density at radius 3 is 2.29 bits per heavy atom. The van der Waals surface area contributed by atoms with E-state index in [2.05, 4.69) is 46.3 Å². The Bertz CT molecular complexity index is 957.